The van der Waals surface area contributed by atoms with Crippen molar-refractivity contribution in [1.29, 1.82) is 0 Å². The van der Waals surface area contributed by atoms with Crippen molar-refractivity contribution < 1.29 is 14.6 Å². The largest absolute Gasteiger partial charge is 0.507 e. The van der Waals surface area contributed by atoms with Gasteiger partial charge in [0.2, 0.25) is 0 Å². The summed E-state index contributed by atoms with van der Waals surface area (Å²) in [6.07, 6.45) is 0.675. The van der Waals surface area contributed by atoms with Crippen molar-refractivity contribution in [2.75, 3.05) is 13.7 Å². The van der Waals surface area contributed by atoms with E-state index in [0.29, 0.717) is 34.9 Å². The summed E-state index contributed by atoms with van der Waals surface area (Å²) in [6.45, 7) is 4.38. The van der Waals surface area contributed by atoms with Crippen LogP contribution in [0, 0.1) is 13.8 Å². The second-order valence-electron chi connectivity index (χ2n) is 8.89. The molecule has 0 radical (unpaired) electrons. The van der Waals surface area contributed by atoms with Gasteiger partial charge in [-0.15, -0.1) is 0 Å². The third-order valence-electron chi connectivity index (χ3n) is 6.52. The lowest BCUT2D eigenvalue weighted by Crippen LogP contribution is -2.31. The van der Waals surface area contributed by atoms with E-state index in [1.807, 2.05) is 73.3 Å². The van der Waals surface area contributed by atoms with Crippen LogP contribution >= 0.6 is 11.6 Å². The average Bonchev–Trinajstić information content (AvgIpc) is 3.36. The molecule has 0 spiro atoms. The van der Waals surface area contributed by atoms with Gasteiger partial charge in [0.25, 0.3) is 5.91 Å². The number of rotatable bonds is 6. The van der Waals surface area contributed by atoms with Crippen LogP contribution in [-0.2, 0) is 6.42 Å². The maximum absolute atomic E-state index is 13.6. The Bertz CT molecular complexity index is 1390. The van der Waals surface area contributed by atoms with Crippen LogP contribution in [0.25, 0.3) is 11.3 Å². The number of aromatic hydroxyl groups is 1. The van der Waals surface area contributed by atoms with Gasteiger partial charge in [0.05, 0.1) is 13.2 Å². The van der Waals surface area contributed by atoms with Gasteiger partial charge in [-0.05, 0) is 72.9 Å². The van der Waals surface area contributed by atoms with Crippen LogP contribution in [0.1, 0.15) is 44.3 Å². The molecule has 1 aliphatic rings. The molecule has 0 saturated carbocycles. The summed E-state index contributed by atoms with van der Waals surface area (Å²) < 4.78 is 5.26. The fourth-order valence-corrected chi connectivity index (χ4v) is 5.13. The molecule has 35 heavy (non-hydrogen) atoms. The molecular weight excluding hydrogens is 462 g/mol. The fraction of sp³-hybridized carbons (Fsp3) is 0.214. The van der Waals surface area contributed by atoms with Gasteiger partial charge in [0, 0.05) is 22.7 Å². The number of benzene rings is 3. The number of aryl methyl sites for hydroxylation is 2. The molecular formula is C28H26ClN3O3. The molecule has 6 nitrogen and oxygen atoms in total. The summed E-state index contributed by atoms with van der Waals surface area (Å²) in [4.78, 5) is 15.4. The molecule has 2 heterocycles. The minimum Gasteiger partial charge on any atom is -0.507 e. The van der Waals surface area contributed by atoms with E-state index in [2.05, 4.69) is 10.2 Å². The van der Waals surface area contributed by atoms with Crippen LogP contribution in [0.2, 0.25) is 5.02 Å². The summed E-state index contributed by atoms with van der Waals surface area (Å²) in [7, 11) is 1.64. The Labute approximate surface area is 209 Å². The molecule has 4 aromatic rings. The van der Waals surface area contributed by atoms with Crippen molar-refractivity contribution >= 4 is 17.5 Å². The molecule has 1 aromatic heterocycles. The average molecular weight is 488 g/mol. The number of hydrogen-bond acceptors (Lipinski definition) is 4. The summed E-state index contributed by atoms with van der Waals surface area (Å²) in [5, 5.41) is 18.9. The standard InChI is InChI=1S/C28H26ClN3O3/c1-16-13-17(2)23(22(33)14-16)25-24-26(31-30-25)28(34)32(27(24)19-5-4-6-20(29)15-19)12-11-18-7-9-21(35-3)10-8-18/h4-10,13-15,27,33H,11-12H2,1-3H3,(H,30,31). The zero-order valence-corrected chi connectivity index (χ0v) is 20.6. The first kappa shape index (κ1) is 23.0. The maximum atomic E-state index is 13.6. The SMILES string of the molecule is COc1ccc(CCN2C(=O)c3[nH]nc(-c4c(C)cc(C)cc4O)c3C2c2cccc(Cl)c2)cc1. The Morgan fingerprint density at radius 2 is 1.89 bits per heavy atom. The Balaban J connectivity index is 1.58. The lowest BCUT2D eigenvalue weighted by molar-refractivity contribution is 0.0746. The third-order valence-corrected chi connectivity index (χ3v) is 6.76. The highest BCUT2D eigenvalue weighted by molar-refractivity contribution is 6.30. The van der Waals surface area contributed by atoms with Crippen molar-refractivity contribution in [3.63, 3.8) is 0 Å². The van der Waals surface area contributed by atoms with Crippen molar-refractivity contribution in [1.82, 2.24) is 15.1 Å². The third kappa shape index (κ3) is 4.15. The molecule has 1 aliphatic heterocycles. The first-order valence-corrected chi connectivity index (χ1v) is 11.8. The van der Waals surface area contributed by atoms with Crippen LogP contribution < -0.4 is 4.74 Å². The molecule has 0 saturated heterocycles. The van der Waals surface area contributed by atoms with Gasteiger partial charge in [-0.2, -0.15) is 5.10 Å². The topological polar surface area (TPSA) is 78.5 Å². The Kier molecular flexibility index (Phi) is 5.99. The number of fused-ring (bicyclic) bond motifs is 1. The zero-order chi connectivity index (χ0) is 24.7. The number of carbonyl (C=O) groups excluding carboxylic acids is 1. The van der Waals surface area contributed by atoms with Crippen molar-refractivity contribution in [3.8, 4) is 22.8 Å². The van der Waals surface area contributed by atoms with E-state index in [1.165, 1.54) is 0 Å². The second kappa shape index (κ2) is 9.12. The number of phenols is 1. The van der Waals surface area contributed by atoms with E-state index in [-0.39, 0.29) is 17.7 Å². The normalized spacial score (nSPS) is 14.9. The second-order valence-corrected chi connectivity index (χ2v) is 9.33. The number of H-pyrrole nitrogens is 1. The van der Waals surface area contributed by atoms with Crippen LogP contribution in [0.15, 0.2) is 60.7 Å². The Morgan fingerprint density at radius 3 is 2.57 bits per heavy atom. The van der Waals surface area contributed by atoms with Gasteiger partial charge in [0.15, 0.2) is 0 Å². The molecule has 0 bridgehead atoms. The lowest BCUT2D eigenvalue weighted by Gasteiger charge is -2.27. The van der Waals surface area contributed by atoms with Crippen LogP contribution in [0.3, 0.4) is 0 Å². The Morgan fingerprint density at radius 1 is 1.11 bits per heavy atom. The molecule has 0 aliphatic carbocycles. The van der Waals surface area contributed by atoms with Gasteiger partial charge in [-0.3, -0.25) is 9.89 Å². The number of hydrogen-bond donors (Lipinski definition) is 2. The summed E-state index contributed by atoms with van der Waals surface area (Å²) in [5.41, 5.74) is 6.26. The van der Waals surface area contributed by atoms with E-state index in [9.17, 15) is 9.90 Å². The van der Waals surface area contributed by atoms with Crippen LogP contribution in [0.4, 0.5) is 0 Å². The molecule has 3 aromatic carbocycles. The number of carbonyl (C=O) groups is 1. The number of nitrogens with zero attached hydrogens (tertiary/aromatic N) is 2. The highest BCUT2D eigenvalue weighted by Gasteiger charge is 2.42. The van der Waals surface area contributed by atoms with Gasteiger partial charge < -0.3 is 14.7 Å². The van der Waals surface area contributed by atoms with Gasteiger partial charge in [-0.25, -0.2) is 0 Å². The predicted octanol–water partition coefficient (Wildman–Crippen LogP) is 5.85. The number of amides is 1. The number of aromatic amines is 1. The minimum atomic E-state index is -0.386. The number of nitrogens with one attached hydrogen (secondary N) is 1. The smallest absolute Gasteiger partial charge is 0.273 e. The first-order valence-electron chi connectivity index (χ1n) is 11.5. The van der Waals surface area contributed by atoms with Crippen molar-refractivity contribution in [3.05, 3.63) is 99.2 Å². The summed E-state index contributed by atoms with van der Waals surface area (Å²) >= 11 is 6.36. The van der Waals surface area contributed by atoms with E-state index < -0.39 is 0 Å². The first-order chi connectivity index (χ1) is 16.9. The minimum absolute atomic E-state index is 0.124. The summed E-state index contributed by atoms with van der Waals surface area (Å²) in [5.74, 6) is 0.814. The van der Waals surface area contributed by atoms with E-state index in [1.54, 1.807) is 13.2 Å². The molecule has 5 rings (SSSR count). The van der Waals surface area contributed by atoms with Crippen LogP contribution in [0.5, 0.6) is 11.5 Å². The number of halogens is 1. The number of phenolic OH excluding ortho intramolecular Hbond substituents is 1. The maximum Gasteiger partial charge on any atom is 0.273 e. The number of ether oxygens (including phenoxy) is 1. The number of aromatic nitrogens is 2. The number of methoxy groups -OCH3 is 1. The van der Waals surface area contributed by atoms with E-state index >= 15 is 0 Å². The van der Waals surface area contributed by atoms with Crippen molar-refractivity contribution in [2.24, 2.45) is 0 Å². The predicted molar refractivity (Wildman–Crippen MR) is 136 cm³/mol. The molecule has 7 heteroatoms. The quantitative estimate of drug-likeness (QED) is 0.357. The highest BCUT2D eigenvalue weighted by Crippen LogP contribution is 2.45. The van der Waals surface area contributed by atoms with Crippen LogP contribution in [-0.4, -0.2) is 39.8 Å². The van der Waals surface area contributed by atoms with E-state index in [0.717, 1.165) is 33.6 Å². The Hall–Kier alpha value is -3.77. The summed E-state index contributed by atoms with van der Waals surface area (Å²) in [6, 6.07) is 18.7. The lowest BCUT2D eigenvalue weighted by atomic mass is 9.93. The van der Waals surface area contributed by atoms with Crippen molar-refractivity contribution in [2.45, 2.75) is 26.3 Å². The molecule has 1 atom stereocenters. The molecule has 1 amide bonds. The zero-order valence-electron chi connectivity index (χ0n) is 19.8. The molecule has 178 valence electrons. The molecule has 2 N–H and O–H groups in total. The molecule has 0 fully saturated rings. The van der Waals surface area contributed by atoms with Gasteiger partial charge >= 0.3 is 0 Å². The van der Waals surface area contributed by atoms with Gasteiger partial charge in [-0.1, -0.05) is 41.9 Å². The van der Waals surface area contributed by atoms with Gasteiger partial charge in [0.1, 0.15) is 22.9 Å². The fourth-order valence-electron chi connectivity index (χ4n) is 4.94. The van der Waals surface area contributed by atoms with E-state index in [4.69, 9.17) is 16.3 Å². The highest BCUT2D eigenvalue weighted by atomic mass is 35.5. The monoisotopic (exact) mass is 487 g/mol. The molecule has 1 unspecified atom stereocenters.